The topological polar surface area (TPSA) is 168 Å². The van der Waals surface area contributed by atoms with E-state index in [0.717, 1.165) is 38.5 Å². The summed E-state index contributed by atoms with van der Waals surface area (Å²) in [6.45, 7) is 13.4. The van der Waals surface area contributed by atoms with Crippen LogP contribution in [0.4, 0.5) is 0 Å². The second kappa shape index (κ2) is 15.5. The van der Waals surface area contributed by atoms with Crippen molar-refractivity contribution in [2.75, 3.05) is 6.54 Å². The molecule has 5 N–H and O–H groups in total. The third-order valence-electron chi connectivity index (χ3n) is 9.93. The molecule has 0 radical (unpaired) electrons. The monoisotopic (exact) mass is 606 g/mol. The summed E-state index contributed by atoms with van der Waals surface area (Å²) in [7, 11) is -0.564. The minimum Gasteiger partial charge on any atom is -0.404 e. The average Bonchev–Trinajstić information content (AvgIpc) is 3.28. The van der Waals surface area contributed by atoms with Gasteiger partial charge in [-0.15, -0.1) is 0 Å². The fraction of sp³-hybridized carbons (Fsp3) is 0.900. The van der Waals surface area contributed by atoms with Crippen LogP contribution in [0.3, 0.4) is 0 Å². The molecule has 244 valence electrons. The molecule has 12 nitrogen and oxygen atoms in total. The Morgan fingerprint density at radius 3 is 2.42 bits per heavy atom. The number of unbranched alkanes of at least 4 members (excludes halogenated alkanes) is 5. The maximum absolute atomic E-state index is 13.7. The highest BCUT2D eigenvalue weighted by Crippen LogP contribution is 2.65. The zero-order valence-corrected chi connectivity index (χ0v) is 27.1. The van der Waals surface area contributed by atoms with E-state index < -0.39 is 24.2 Å². The van der Waals surface area contributed by atoms with Gasteiger partial charge in [0.05, 0.1) is 17.6 Å². The summed E-state index contributed by atoms with van der Waals surface area (Å²) >= 11 is 0. The van der Waals surface area contributed by atoms with E-state index in [1.807, 2.05) is 0 Å². The summed E-state index contributed by atoms with van der Waals surface area (Å²) in [6, 6.07) is -0.785. The fourth-order valence-corrected chi connectivity index (χ4v) is 7.35. The van der Waals surface area contributed by atoms with Gasteiger partial charge in [-0.1, -0.05) is 72.1 Å². The normalized spacial score (nSPS) is 26.6. The van der Waals surface area contributed by atoms with Gasteiger partial charge in [0, 0.05) is 13.0 Å². The Balaban J connectivity index is 1.62. The maximum Gasteiger partial charge on any atom is 0.481 e. The fourth-order valence-electron chi connectivity index (χ4n) is 7.35. The maximum atomic E-state index is 13.7. The molecule has 4 fully saturated rings. The number of amides is 2. The Labute approximate surface area is 257 Å². The Bertz CT molecular complexity index is 983. The molecule has 6 atom stereocenters. The molecule has 0 spiro atoms. The molecule has 1 saturated heterocycles. The molecule has 0 unspecified atom stereocenters. The zero-order valence-electron chi connectivity index (χ0n) is 27.1. The Morgan fingerprint density at radius 2 is 1.77 bits per heavy atom. The van der Waals surface area contributed by atoms with E-state index in [4.69, 9.17) is 14.7 Å². The summed E-state index contributed by atoms with van der Waals surface area (Å²) in [4.78, 5) is 37.1. The number of carbonyl (C=O) groups excluding carboxylic acids is 2. The zero-order chi connectivity index (χ0) is 31.8. The molecular weight excluding hydrogens is 551 g/mol. The molecule has 0 aromatic heterocycles. The van der Waals surface area contributed by atoms with E-state index in [1.54, 1.807) is 5.43 Å². The minimum atomic E-state index is -0.809. The molecule has 3 saturated carbocycles. The van der Waals surface area contributed by atoms with Crippen LogP contribution in [0.25, 0.3) is 0 Å². The van der Waals surface area contributed by atoms with Gasteiger partial charge >= 0.3 is 7.12 Å². The lowest BCUT2D eigenvalue weighted by Gasteiger charge is -2.64. The van der Waals surface area contributed by atoms with Crippen LogP contribution in [0.1, 0.15) is 119 Å². The van der Waals surface area contributed by atoms with Gasteiger partial charge in [-0.3, -0.25) is 15.0 Å². The van der Waals surface area contributed by atoms with Crippen molar-refractivity contribution < 1.29 is 23.9 Å². The van der Waals surface area contributed by atoms with Crippen LogP contribution in [-0.4, -0.2) is 60.2 Å². The van der Waals surface area contributed by atoms with Crippen LogP contribution in [0.5, 0.6) is 0 Å². The van der Waals surface area contributed by atoms with Crippen molar-refractivity contribution in [3.8, 4) is 0 Å². The first-order chi connectivity index (χ1) is 20.3. The summed E-state index contributed by atoms with van der Waals surface area (Å²) < 4.78 is 13.2. The first-order valence-corrected chi connectivity index (χ1v) is 16.4. The number of nitrogens with zero attached hydrogens (tertiary/aromatic N) is 1. The summed E-state index contributed by atoms with van der Waals surface area (Å²) in [5, 5.41) is 26.1. The van der Waals surface area contributed by atoms with Crippen molar-refractivity contribution in [1.82, 2.24) is 21.4 Å². The Morgan fingerprint density at radius 1 is 1.07 bits per heavy atom. The van der Waals surface area contributed by atoms with E-state index in [9.17, 15) is 19.7 Å². The van der Waals surface area contributed by atoms with E-state index in [1.165, 1.54) is 12.8 Å². The van der Waals surface area contributed by atoms with Gasteiger partial charge < -0.3 is 25.3 Å². The highest BCUT2D eigenvalue weighted by molar-refractivity contribution is 6.48. The summed E-state index contributed by atoms with van der Waals surface area (Å²) in [5.74, 6) is 0.0543. The predicted octanol–water partition coefficient (Wildman–Crippen LogP) is 4.11. The van der Waals surface area contributed by atoms with Crippen molar-refractivity contribution in [3.63, 3.8) is 0 Å². The van der Waals surface area contributed by atoms with Gasteiger partial charge in [0.15, 0.2) is 5.03 Å². The van der Waals surface area contributed by atoms with Gasteiger partial charge in [-0.05, 0) is 68.6 Å². The average molecular weight is 607 g/mol. The molecule has 43 heavy (non-hydrogen) atoms. The van der Waals surface area contributed by atoms with Crippen LogP contribution in [0, 0.1) is 38.7 Å². The van der Waals surface area contributed by atoms with E-state index in [-0.39, 0.29) is 47.3 Å². The van der Waals surface area contributed by atoms with Crippen molar-refractivity contribution >= 4 is 24.9 Å². The largest absolute Gasteiger partial charge is 0.481 e. The number of hydrazine groups is 1. The smallest absolute Gasteiger partial charge is 0.404 e. The second-order valence-corrected chi connectivity index (χ2v) is 14.0. The predicted molar refractivity (Wildman–Crippen MR) is 167 cm³/mol. The van der Waals surface area contributed by atoms with E-state index in [2.05, 4.69) is 57.5 Å². The molecule has 2 amide bonds. The molecule has 1 aliphatic heterocycles. The van der Waals surface area contributed by atoms with Crippen LogP contribution >= 0.6 is 0 Å². The van der Waals surface area contributed by atoms with Crippen molar-refractivity contribution in [2.24, 2.45) is 23.2 Å². The van der Waals surface area contributed by atoms with Crippen molar-refractivity contribution in [3.05, 3.63) is 10.1 Å². The lowest BCUT2D eigenvalue weighted by Crippen LogP contribution is -2.65. The van der Waals surface area contributed by atoms with Crippen molar-refractivity contribution in [2.45, 2.75) is 142 Å². The molecule has 0 aromatic carbocycles. The molecule has 4 rings (SSSR count). The molecule has 13 heteroatoms. The number of rotatable bonds is 18. The highest BCUT2D eigenvalue weighted by atomic mass is 16.7. The standard InChI is InChI=1S/C30H55BN6O6/c1-7-8-9-10-11-12-15-26(38)34-22(14-13-16-33-28(32)36-37(40)41)27(39)35-25(17-20(2)3)31-42-24-19-21-18-23(29(21,4)5)30(24,6)43-31/h20-25H,7-19H2,1-6H3,(H,34,38)(H,35,39)(H3,32,33,36)/t21-,22-,23-,24+,25-,30-/m0/s1. The quantitative estimate of drug-likeness (QED) is 0.0388. The van der Waals surface area contributed by atoms with Gasteiger partial charge in [0.2, 0.25) is 11.8 Å². The number of nitro groups is 1. The lowest BCUT2D eigenvalue weighted by atomic mass is 9.43. The minimum absolute atomic E-state index is 0.00262. The number of carbonyl (C=O) groups is 2. The van der Waals surface area contributed by atoms with Crippen LogP contribution in [0.2, 0.25) is 0 Å². The number of hydrogen-bond acceptors (Lipinski definition) is 7. The third kappa shape index (κ3) is 9.29. The first-order valence-electron chi connectivity index (χ1n) is 16.4. The molecule has 2 bridgehead atoms. The molecular formula is C30H55BN6O6. The van der Waals surface area contributed by atoms with Crippen LogP contribution < -0.4 is 21.4 Å². The van der Waals surface area contributed by atoms with Gasteiger partial charge in [0.25, 0.3) is 5.96 Å². The SMILES string of the molecule is CCCCCCCCC(=O)N[C@@H](CCCNC(=N)N[N+](=O)[O-])C(=O)N[C@@H](CC(C)C)B1O[C@@H]2C[C@@H]3C[C@@H](C3(C)C)[C@]2(C)O1. The first kappa shape index (κ1) is 35.1. The number of guanidine groups is 1. The molecule has 3 aliphatic carbocycles. The number of hydrogen-bond donors (Lipinski definition) is 5. The Kier molecular flexibility index (Phi) is 12.7. The Hall–Kier alpha value is -2.41. The summed E-state index contributed by atoms with van der Waals surface area (Å²) in [5.41, 5.74) is 1.58. The highest BCUT2D eigenvalue weighted by Gasteiger charge is 2.68. The van der Waals surface area contributed by atoms with Crippen LogP contribution in [-0.2, 0) is 18.9 Å². The second-order valence-electron chi connectivity index (χ2n) is 14.0. The van der Waals surface area contributed by atoms with E-state index in [0.29, 0.717) is 37.5 Å². The van der Waals surface area contributed by atoms with Crippen molar-refractivity contribution in [1.29, 1.82) is 5.41 Å². The number of nitrogens with one attached hydrogen (secondary N) is 5. The van der Waals surface area contributed by atoms with Gasteiger partial charge in [-0.2, -0.15) is 0 Å². The van der Waals surface area contributed by atoms with Gasteiger partial charge in [-0.25, -0.2) is 10.1 Å². The van der Waals surface area contributed by atoms with Crippen LogP contribution in [0.15, 0.2) is 0 Å². The van der Waals surface area contributed by atoms with E-state index >= 15 is 0 Å². The lowest BCUT2D eigenvalue weighted by molar-refractivity contribution is -0.525. The third-order valence-corrected chi connectivity index (χ3v) is 9.93. The molecule has 0 aromatic rings. The molecule has 4 aliphatic rings. The molecule has 1 heterocycles. The van der Waals surface area contributed by atoms with Gasteiger partial charge in [0.1, 0.15) is 6.04 Å². The summed E-state index contributed by atoms with van der Waals surface area (Å²) in [6.07, 6.45) is 10.2.